The third-order valence-corrected chi connectivity index (χ3v) is 6.67. The number of hydrogen-bond donors (Lipinski definition) is 0. The molecule has 0 aliphatic carbocycles. The second kappa shape index (κ2) is 6.77. The minimum atomic E-state index is -0.418. The van der Waals surface area contributed by atoms with Gasteiger partial charge in [0, 0.05) is 41.3 Å². The van der Waals surface area contributed by atoms with Gasteiger partial charge in [-0.2, -0.15) is 0 Å². The number of amides is 1. The molecule has 0 N–H and O–H groups in total. The van der Waals surface area contributed by atoms with Crippen LogP contribution in [0, 0.1) is 17.0 Å². The minimum Gasteiger partial charge on any atom is -0.304 e. The van der Waals surface area contributed by atoms with E-state index in [0.717, 1.165) is 17.8 Å². The van der Waals surface area contributed by atoms with E-state index >= 15 is 0 Å². The van der Waals surface area contributed by atoms with E-state index in [1.54, 1.807) is 12.1 Å². The molecule has 7 nitrogen and oxygen atoms in total. The number of non-ortho nitro benzene ring substituents is 1. The molecule has 0 radical (unpaired) electrons. The number of anilines is 1. The zero-order chi connectivity index (χ0) is 21.0. The number of nitro benzene ring substituents is 1. The molecule has 4 aromatic rings. The number of nitro groups is 1. The second-order valence-corrected chi connectivity index (χ2v) is 8.44. The molecule has 3 heterocycles. The van der Waals surface area contributed by atoms with Crippen LogP contribution in [0.1, 0.15) is 27.9 Å². The maximum atomic E-state index is 13.4. The molecular weight excluding hydrogens is 400 g/mol. The smallest absolute Gasteiger partial charge is 0.270 e. The van der Waals surface area contributed by atoms with Gasteiger partial charge in [0.15, 0.2) is 4.96 Å². The quantitative estimate of drug-likeness (QED) is 0.351. The number of nitrogens with zero attached hydrogens (tertiary/aromatic N) is 4. The summed E-state index contributed by atoms with van der Waals surface area (Å²) in [5.41, 5.74) is 4.32. The predicted octanol–water partition coefficient (Wildman–Crippen LogP) is 4.87. The molecule has 1 aliphatic heterocycles. The van der Waals surface area contributed by atoms with Gasteiger partial charge in [0.2, 0.25) is 0 Å². The van der Waals surface area contributed by atoms with Crippen molar-refractivity contribution in [1.29, 1.82) is 0 Å². The Labute approximate surface area is 176 Å². The molecule has 0 bridgehead atoms. The largest absolute Gasteiger partial charge is 0.304 e. The standard InChI is InChI=1S/C22H18N4O3S/c1-13-10-16-6-3-4-9-19(16)25(13)21(27)20-14(2)24-12-18(23-22(24)30-20)15-7-5-8-17(11-15)26(28)29/h3-9,11-13H,10H2,1-2H3/t13-/m1/s1. The third kappa shape index (κ3) is 2.80. The molecule has 0 spiro atoms. The zero-order valence-electron chi connectivity index (χ0n) is 16.4. The van der Waals surface area contributed by atoms with Gasteiger partial charge in [-0.25, -0.2) is 4.98 Å². The van der Waals surface area contributed by atoms with Crippen LogP contribution in [0.3, 0.4) is 0 Å². The first-order valence-corrected chi connectivity index (χ1v) is 10.4. The summed E-state index contributed by atoms with van der Waals surface area (Å²) in [7, 11) is 0. The maximum Gasteiger partial charge on any atom is 0.270 e. The number of fused-ring (bicyclic) bond motifs is 2. The van der Waals surface area contributed by atoms with Gasteiger partial charge in [0.1, 0.15) is 4.88 Å². The van der Waals surface area contributed by atoms with Crippen LogP contribution in [-0.2, 0) is 6.42 Å². The van der Waals surface area contributed by atoms with Gasteiger partial charge in [-0.1, -0.05) is 41.7 Å². The molecule has 8 heteroatoms. The molecule has 2 aromatic heterocycles. The van der Waals surface area contributed by atoms with E-state index in [9.17, 15) is 14.9 Å². The summed E-state index contributed by atoms with van der Waals surface area (Å²) in [5, 5.41) is 11.1. The van der Waals surface area contributed by atoms with Crippen LogP contribution in [0.25, 0.3) is 16.2 Å². The Morgan fingerprint density at radius 2 is 2.03 bits per heavy atom. The fourth-order valence-corrected chi connectivity index (χ4v) is 5.10. The monoisotopic (exact) mass is 418 g/mol. The average Bonchev–Trinajstić information content (AvgIpc) is 3.39. The van der Waals surface area contributed by atoms with E-state index in [1.165, 1.54) is 29.0 Å². The minimum absolute atomic E-state index is 0.0163. The Bertz CT molecular complexity index is 1320. The normalized spacial score (nSPS) is 15.5. The fraction of sp³-hybridized carbons (Fsp3) is 0.182. The van der Waals surface area contributed by atoms with Crippen molar-refractivity contribution >= 4 is 33.6 Å². The van der Waals surface area contributed by atoms with E-state index in [1.807, 2.05) is 40.6 Å². The lowest BCUT2D eigenvalue weighted by atomic mass is 10.1. The molecular formula is C22H18N4O3S. The maximum absolute atomic E-state index is 13.4. The summed E-state index contributed by atoms with van der Waals surface area (Å²) in [6, 6.07) is 14.5. The van der Waals surface area contributed by atoms with Gasteiger partial charge >= 0.3 is 0 Å². The SMILES string of the molecule is Cc1c(C(=O)N2c3ccccc3C[C@H]2C)sc2nc(-c3cccc([N+](=O)[O-])c3)cn12. The Kier molecular flexibility index (Phi) is 4.18. The van der Waals surface area contributed by atoms with Crippen molar-refractivity contribution in [3.05, 3.63) is 81.0 Å². The van der Waals surface area contributed by atoms with Crippen molar-refractivity contribution in [3.63, 3.8) is 0 Å². The summed E-state index contributed by atoms with van der Waals surface area (Å²) < 4.78 is 1.89. The highest BCUT2D eigenvalue weighted by atomic mass is 32.1. The summed E-state index contributed by atoms with van der Waals surface area (Å²) in [4.78, 5) is 31.9. The van der Waals surface area contributed by atoms with Crippen LogP contribution >= 0.6 is 11.3 Å². The predicted molar refractivity (Wildman–Crippen MR) is 116 cm³/mol. The highest BCUT2D eigenvalue weighted by Gasteiger charge is 2.33. The van der Waals surface area contributed by atoms with Crippen LogP contribution in [0.5, 0.6) is 0 Å². The van der Waals surface area contributed by atoms with Crippen molar-refractivity contribution < 1.29 is 9.72 Å². The fourth-order valence-electron chi connectivity index (χ4n) is 4.05. The zero-order valence-corrected chi connectivity index (χ0v) is 17.2. The van der Waals surface area contributed by atoms with Gasteiger partial charge < -0.3 is 4.90 Å². The number of para-hydroxylation sites is 1. The van der Waals surface area contributed by atoms with E-state index < -0.39 is 4.92 Å². The first-order valence-electron chi connectivity index (χ1n) is 9.59. The van der Waals surface area contributed by atoms with Gasteiger partial charge in [-0.05, 0) is 31.9 Å². The lowest BCUT2D eigenvalue weighted by molar-refractivity contribution is -0.384. The summed E-state index contributed by atoms with van der Waals surface area (Å²) in [6.07, 6.45) is 2.68. The molecule has 5 rings (SSSR count). The van der Waals surface area contributed by atoms with Crippen molar-refractivity contribution in [2.24, 2.45) is 0 Å². The van der Waals surface area contributed by atoms with Crippen LogP contribution in [0.15, 0.2) is 54.7 Å². The number of aromatic nitrogens is 2. The number of carbonyl (C=O) groups is 1. The second-order valence-electron chi connectivity index (χ2n) is 7.46. The number of thiazole rings is 1. The number of hydrogen-bond acceptors (Lipinski definition) is 5. The third-order valence-electron chi connectivity index (χ3n) is 5.53. The lowest BCUT2D eigenvalue weighted by Crippen LogP contribution is -2.35. The van der Waals surface area contributed by atoms with E-state index in [-0.39, 0.29) is 17.6 Å². The number of imidazole rings is 1. The molecule has 30 heavy (non-hydrogen) atoms. The van der Waals surface area contributed by atoms with E-state index in [2.05, 4.69) is 18.0 Å². The molecule has 0 saturated carbocycles. The highest BCUT2D eigenvalue weighted by molar-refractivity contribution is 7.19. The topological polar surface area (TPSA) is 80.8 Å². The number of rotatable bonds is 3. The molecule has 0 fully saturated rings. The van der Waals surface area contributed by atoms with E-state index in [4.69, 9.17) is 0 Å². The molecule has 0 saturated heterocycles. The van der Waals surface area contributed by atoms with Gasteiger partial charge in [-0.15, -0.1) is 0 Å². The Morgan fingerprint density at radius 3 is 2.80 bits per heavy atom. The Balaban J connectivity index is 1.53. The van der Waals surface area contributed by atoms with Gasteiger partial charge in [0.25, 0.3) is 11.6 Å². The number of aryl methyl sites for hydroxylation is 1. The van der Waals surface area contributed by atoms with Crippen molar-refractivity contribution in [1.82, 2.24) is 9.38 Å². The van der Waals surface area contributed by atoms with E-state index in [0.29, 0.717) is 21.1 Å². The molecule has 1 atom stereocenters. The first kappa shape index (κ1) is 18.5. The van der Waals surface area contributed by atoms with Gasteiger partial charge in [-0.3, -0.25) is 19.3 Å². The molecule has 0 unspecified atom stereocenters. The molecule has 1 aliphatic rings. The number of carbonyl (C=O) groups excluding carboxylic acids is 1. The highest BCUT2D eigenvalue weighted by Crippen LogP contribution is 2.36. The first-order chi connectivity index (χ1) is 14.4. The Morgan fingerprint density at radius 1 is 1.23 bits per heavy atom. The average molecular weight is 418 g/mol. The molecule has 150 valence electrons. The number of benzene rings is 2. The van der Waals surface area contributed by atoms with Crippen LogP contribution in [-0.4, -0.2) is 26.3 Å². The van der Waals surface area contributed by atoms with Crippen LogP contribution in [0.2, 0.25) is 0 Å². The van der Waals surface area contributed by atoms with Crippen LogP contribution in [0.4, 0.5) is 11.4 Å². The van der Waals surface area contributed by atoms with Crippen LogP contribution < -0.4 is 4.90 Å². The Hall–Kier alpha value is -3.52. The lowest BCUT2D eigenvalue weighted by Gasteiger charge is -2.22. The summed E-state index contributed by atoms with van der Waals surface area (Å²) in [5.74, 6) is -0.0163. The summed E-state index contributed by atoms with van der Waals surface area (Å²) in [6.45, 7) is 3.97. The van der Waals surface area contributed by atoms with Crippen molar-refractivity contribution in [3.8, 4) is 11.3 Å². The molecule has 2 aromatic carbocycles. The van der Waals surface area contributed by atoms with Crippen molar-refractivity contribution in [2.45, 2.75) is 26.3 Å². The summed E-state index contributed by atoms with van der Waals surface area (Å²) >= 11 is 1.35. The van der Waals surface area contributed by atoms with Gasteiger partial charge in [0.05, 0.1) is 10.6 Å². The van der Waals surface area contributed by atoms with Crippen molar-refractivity contribution in [2.75, 3.05) is 4.90 Å². The molecule has 1 amide bonds.